The quantitative estimate of drug-likeness (QED) is 0.639. The Morgan fingerprint density at radius 3 is 2.55 bits per heavy atom. The van der Waals surface area contributed by atoms with Crippen molar-refractivity contribution in [2.24, 2.45) is 0 Å². The molecule has 0 aliphatic carbocycles. The van der Waals surface area contributed by atoms with Gasteiger partial charge in [0, 0.05) is 37.7 Å². The number of anilines is 1. The summed E-state index contributed by atoms with van der Waals surface area (Å²) in [5.74, 6) is -0.209. The van der Waals surface area contributed by atoms with E-state index in [0.717, 1.165) is 11.1 Å². The molecule has 0 saturated heterocycles. The number of carbonyl (C=O) groups is 2. The lowest BCUT2D eigenvalue weighted by Crippen LogP contribution is -2.25. The minimum Gasteiger partial charge on any atom is -0.495 e. The van der Waals surface area contributed by atoms with E-state index in [2.05, 4.69) is 4.72 Å². The maximum atomic E-state index is 12.8. The molecule has 1 amide bonds. The zero-order chi connectivity index (χ0) is 21.1. The van der Waals surface area contributed by atoms with E-state index in [9.17, 15) is 13.8 Å². The average Bonchev–Trinajstić information content (AvgIpc) is 3.10. The van der Waals surface area contributed by atoms with Gasteiger partial charge in [-0.1, -0.05) is 6.07 Å². The summed E-state index contributed by atoms with van der Waals surface area (Å²) < 4.78 is 26.1. The molecule has 2 aromatic carbocycles. The molecule has 0 spiro atoms. The van der Waals surface area contributed by atoms with Gasteiger partial charge in [0.1, 0.15) is 22.0 Å². The minimum atomic E-state index is -1.89. The molecular weight excluding hydrogens is 392 g/mol. The van der Waals surface area contributed by atoms with Gasteiger partial charge in [0.25, 0.3) is 5.91 Å². The highest BCUT2D eigenvalue weighted by atomic mass is 32.2. The standard InChI is InChI=1S/C21H22N2O5S/c1-13(24)9-14-5-8-17(27-4)20(10-14)29(26)22-21(25)19-11-15-6-7-16(23(2)3)12-18(15)28-19/h5-8,10-12H,9H2,1-4H3,(H,22,25). The first-order valence-corrected chi connectivity index (χ1v) is 10.0. The molecule has 1 N–H and O–H groups in total. The zero-order valence-corrected chi connectivity index (χ0v) is 17.5. The molecule has 0 aliphatic heterocycles. The van der Waals surface area contributed by atoms with Crippen molar-refractivity contribution in [3.05, 3.63) is 53.8 Å². The molecule has 0 bridgehead atoms. The normalized spacial score (nSPS) is 11.9. The second-order valence-corrected chi connectivity index (χ2v) is 7.97. The largest absolute Gasteiger partial charge is 0.495 e. The number of furan rings is 1. The highest BCUT2D eigenvalue weighted by Gasteiger charge is 2.19. The summed E-state index contributed by atoms with van der Waals surface area (Å²) in [6, 6.07) is 12.2. The summed E-state index contributed by atoms with van der Waals surface area (Å²) in [5.41, 5.74) is 2.19. The average molecular weight is 414 g/mol. The van der Waals surface area contributed by atoms with Gasteiger partial charge in [0.2, 0.25) is 0 Å². The Labute approximate surface area is 171 Å². The molecule has 1 unspecified atom stereocenters. The number of rotatable bonds is 7. The third-order valence-electron chi connectivity index (χ3n) is 4.31. The molecule has 1 atom stereocenters. The highest BCUT2D eigenvalue weighted by molar-refractivity contribution is 7.83. The number of Topliss-reactive ketones (excluding diaryl/α,β-unsaturated/α-hetero) is 1. The predicted molar refractivity (Wildman–Crippen MR) is 112 cm³/mol. The summed E-state index contributed by atoms with van der Waals surface area (Å²) in [5, 5.41) is 0.771. The second-order valence-electron chi connectivity index (χ2n) is 6.79. The lowest BCUT2D eigenvalue weighted by Gasteiger charge is -2.11. The molecule has 7 nitrogen and oxygen atoms in total. The van der Waals surface area contributed by atoms with Crippen LogP contribution in [0, 0.1) is 0 Å². The molecule has 152 valence electrons. The lowest BCUT2D eigenvalue weighted by atomic mass is 10.1. The van der Waals surface area contributed by atoms with E-state index in [1.54, 1.807) is 24.3 Å². The monoisotopic (exact) mass is 414 g/mol. The van der Waals surface area contributed by atoms with E-state index in [-0.39, 0.29) is 22.9 Å². The third kappa shape index (κ3) is 4.65. The van der Waals surface area contributed by atoms with Crippen molar-refractivity contribution in [2.75, 3.05) is 26.1 Å². The van der Waals surface area contributed by atoms with Crippen LogP contribution in [-0.2, 0) is 22.2 Å². The van der Waals surface area contributed by atoms with Gasteiger partial charge in [-0.25, -0.2) is 4.21 Å². The summed E-state index contributed by atoms with van der Waals surface area (Å²) in [6.07, 6.45) is 0.208. The Morgan fingerprint density at radius 2 is 1.90 bits per heavy atom. The summed E-state index contributed by atoms with van der Waals surface area (Å²) in [4.78, 5) is 26.2. The summed E-state index contributed by atoms with van der Waals surface area (Å²) >= 11 is 0. The zero-order valence-electron chi connectivity index (χ0n) is 16.6. The van der Waals surface area contributed by atoms with Crippen LogP contribution in [0.2, 0.25) is 0 Å². The smallest absolute Gasteiger partial charge is 0.298 e. The maximum absolute atomic E-state index is 12.8. The molecule has 0 fully saturated rings. The van der Waals surface area contributed by atoms with Gasteiger partial charge < -0.3 is 14.1 Å². The van der Waals surface area contributed by atoms with Crippen LogP contribution >= 0.6 is 0 Å². The number of ether oxygens (including phenoxy) is 1. The molecule has 1 aromatic heterocycles. The Kier molecular flexibility index (Phi) is 6.03. The first-order valence-electron chi connectivity index (χ1n) is 8.88. The Balaban J connectivity index is 1.84. The number of fused-ring (bicyclic) bond motifs is 1. The van der Waals surface area contributed by atoms with Gasteiger partial charge in [0.05, 0.1) is 7.11 Å². The molecule has 3 rings (SSSR count). The fourth-order valence-corrected chi connectivity index (χ4v) is 3.83. The molecular formula is C21H22N2O5S. The van der Waals surface area contributed by atoms with Crippen LogP contribution in [0.4, 0.5) is 5.69 Å². The van der Waals surface area contributed by atoms with Gasteiger partial charge >= 0.3 is 0 Å². The molecule has 0 aliphatic rings. The molecule has 3 aromatic rings. The molecule has 29 heavy (non-hydrogen) atoms. The number of hydrogen-bond acceptors (Lipinski definition) is 6. The summed E-state index contributed by atoms with van der Waals surface area (Å²) in [7, 11) is 3.38. The van der Waals surface area contributed by atoms with Crippen molar-refractivity contribution < 1.29 is 23.0 Å². The van der Waals surface area contributed by atoms with Gasteiger partial charge in [-0.15, -0.1) is 0 Å². The van der Waals surface area contributed by atoms with E-state index in [4.69, 9.17) is 9.15 Å². The van der Waals surface area contributed by atoms with E-state index in [1.165, 1.54) is 14.0 Å². The maximum Gasteiger partial charge on any atom is 0.298 e. The van der Waals surface area contributed by atoms with Crippen molar-refractivity contribution in [3.8, 4) is 5.75 Å². The van der Waals surface area contributed by atoms with E-state index < -0.39 is 16.9 Å². The van der Waals surface area contributed by atoms with Crippen LogP contribution in [0.5, 0.6) is 5.75 Å². The lowest BCUT2D eigenvalue weighted by molar-refractivity contribution is -0.116. The van der Waals surface area contributed by atoms with Crippen LogP contribution in [0.3, 0.4) is 0 Å². The number of benzene rings is 2. The topological polar surface area (TPSA) is 88.8 Å². The molecule has 0 radical (unpaired) electrons. The molecule has 1 heterocycles. The van der Waals surface area contributed by atoms with E-state index in [0.29, 0.717) is 16.9 Å². The number of hydrogen-bond donors (Lipinski definition) is 1. The fraction of sp³-hybridized carbons (Fsp3) is 0.238. The predicted octanol–water partition coefficient (Wildman–Crippen LogP) is 3.09. The van der Waals surface area contributed by atoms with Crippen molar-refractivity contribution in [2.45, 2.75) is 18.2 Å². The summed E-state index contributed by atoms with van der Waals surface area (Å²) in [6.45, 7) is 1.48. The SMILES string of the molecule is COc1ccc(CC(C)=O)cc1S(=O)NC(=O)c1cc2ccc(N(C)C)cc2o1. The first-order chi connectivity index (χ1) is 13.8. The molecule has 0 saturated carbocycles. The first kappa shape index (κ1) is 20.6. The third-order valence-corrected chi connectivity index (χ3v) is 5.40. The highest BCUT2D eigenvalue weighted by Crippen LogP contribution is 2.26. The van der Waals surface area contributed by atoms with Crippen LogP contribution in [0.15, 0.2) is 51.8 Å². The van der Waals surface area contributed by atoms with Gasteiger partial charge in [-0.2, -0.15) is 0 Å². The Hall–Kier alpha value is -3.13. The van der Waals surface area contributed by atoms with Gasteiger partial charge in [0.15, 0.2) is 16.7 Å². The number of nitrogens with one attached hydrogen (secondary N) is 1. The Morgan fingerprint density at radius 1 is 1.14 bits per heavy atom. The van der Waals surface area contributed by atoms with Crippen LogP contribution < -0.4 is 14.4 Å². The van der Waals surface area contributed by atoms with Gasteiger partial charge in [-0.05, 0) is 42.8 Å². The van der Waals surface area contributed by atoms with Crippen LogP contribution in [-0.4, -0.2) is 37.1 Å². The Bertz CT molecular complexity index is 1100. The van der Waals surface area contributed by atoms with E-state index >= 15 is 0 Å². The minimum absolute atomic E-state index is 0.0182. The molecule has 8 heteroatoms. The van der Waals surface area contributed by atoms with Crippen LogP contribution in [0.25, 0.3) is 11.0 Å². The number of ketones is 1. The number of amides is 1. The van der Waals surface area contributed by atoms with Crippen molar-refractivity contribution in [3.63, 3.8) is 0 Å². The number of nitrogens with zero attached hydrogens (tertiary/aromatic N) is 1. The second kappa shape index (κ2) is 8.48. The number of carbonyl (C=O) groups excluding carboxylic acids is 2. The van der Waals surface area contributed by atoms with Crippen molar-refractivity contribution >= 4 is 39.3 Å². The van der Waals surface area contributed by atoms with Gasteiger partial charge in [-0.3, -0.25) is 14.3 Å². The van der Waals surface area contributed by atoms with Crippen molar-refractivity contribution in [1.82, 2.24) is 4.72 Å². The van der Waals surface area contributed by atoms with Crippen LogP contribution in [0.1, 0.15) is 23.0 Å². The van der Waals surface area contributed by atoms with E-state index in [1.807, 2.05) is 37.2 Å². The fourth-order valence-electron chi connectivity index (χ4n) is 2.86. The number of methoxy groups -OCH3 is 1. The van der Waals surface area contributed by atoms with Crippen molar-refractivity contribution in [1.29, 1.82) is 0 Å².